The van der Waals surface area contributed by atoms with Crippen LogP contribution in [0.3, 0.4) is 0 Å². The van der Waals surface area contributed by atoms with Crippen LogP contribution in [0.15, 0.2) is 88.5 Å². The topological polar surface area (TPSA) is 126 Å². The van der Waals surface area contributed by atoms with Crippen LogP contribution >= 0.6 is 0 Å². The minimum Gasteiger partial charge on any atom is -0.383 e. The van der Waals surface area contributed by atoms with Gasteiger partial charge in [-0.1, -0.05) is 98.6 Å². The molecule has 3 aromatic carbocycles. The van der Waals surface area contributed by atoms with Gasteiger partial charge in [0.15, 0.2) is 11.2 Å². The van der Waals surface area contributed by atoms with Crippen molar-refractivity contribution in [2.24, 2.45) is 0 Å². The third-order valence-electron chi connectivity index (χ3n) is 8.45. The average Bonchev–Trinajstić information content (AvgIpc) is 3.75. The largest absolute Gasteiger partial charge is 0.383 e. The van der Waals surface area contributed by atoms with Crippen LogP contribution in [-0.2, 0) is 24.2 Å². The van der Waals surface area contributed by atoms with E-state index in [1.165, 1.54) is 4.57 Å². The number of tetrazole rings is 1. The van der Waals surface area contributed by atoms with E-state index in [0.29, 0.717) is 36.6 Å². The number of imidazole rings is 1. The van der Waals surface area contributed by atoms with E-state index in [0.717, 1.165) is 52.9 Å². The molecule has 46 heavy (non-hydrogen) atoms. The molecule has 0 spiro atoms. The summed E-state index contributed by atoms with van der Waals surface area (Å²) in [4.78, 5) is 33.3. The number of hydrogen-bond donors (Lipinski definition) is 1. The lowest BCUT2D eigenvalue weighted by molar-refractivity contribution is 0.186. The van der Waals surface area contributed by atoms with Gasteiger partial charge in [-0.25, -0.2) is 9.78 Å². The summed E-state index contributed by atoms with van der Waals surface area (Å²) in [6, 6.07) is 25.4. The average molecular weight is 619 g/mol. The lowest BCUT2D eigenvalue weighted by Crippen LogP contribution is -2.43. The molecule has 11 nitrogen and oxygen atoms in total. The summed E-state index contributed by atoms with van der Waals surface area (Å²) in [7, 11) is 1.60. The van der Waals surface area contributed by atoms with Crippen LogP contribution in [0.2, 0.25) is 0 Å². The number of H-pyrrole nitrogens is 1. The molecule has 0 aliphatic rings. The van der Waals surface area contributed by atoms with E-state index in [2.05, 4.69) is 51.8 Å². The number of fused-ring (bicyclic) bond motifs is 1. The number of benzene rings is 3. The quantitative estimate of drug-likeness (QED) is 0.175. The Hall–Kier alpha value is -5.16. The lowest BCUT2D eigenvalue weighted by atomic mass is 9.98. The smallest absolute Gasteiger partial charge is 0.333 e. The highest BCUT2D eigenvalue weighted by Crippen LogP contribution is 2.30. The van der Waals surface area contributed by atoms with E-state index in [1.54, 1.807) is 11.7 Å². The summed E-state index contributed by atoms with van der Waals surface area (Å²) >= 11 is 0. The molecule has 0 saturated heterocycles. The van der Waals surface area contributed by atoms with Crippen LogP contribution in [0.25, 0.3) is 33.7 Å². The summed E-state index contributed by atoms with van der Waals surface area (Å²) in [5, 5.41) is 14.6. The number of nitrogens with one attached hydrogen (secondary N) is 1. The van der Waals surface area contributed by atoms with Gasteiger partial charge in [-0.2, -0.15) is 5.21 Å². The van der Waals surface area contributed by atoms with Crippen LogP contribution in [-0.4, -0.2) is 53.0 Å². The second-order valence-corrected chi connectivity index (χ2v) is 11.4. The monoisotopic (exact) mass is 618 g/mol. The predicted octanol–water partition coefficient (Wildman–Crippen LogP) is 5.24. The first-order valence-corrected chi connectivity index (χ1v) is 15.7. The zero-order valence-electron chi connectivity index (χ0n) is 26.4. The third-order valence-corrected chi connectivity index (χ3v) is 8.45. The van der Waals surface area contributed by atoms with Crippen molar-refractivity contribution in [2.75, 3.05) is 13.7 Å². The minimum atomic E-state index is -0.468. The van der Waals surface area contributed by atoms with Gasteiger partial charge < -0.3 is 9.30 Å². The Morgan fingerprint density at radius 3 is 2.33 bits per heavy atom. The molecule has 0 fully saturated rings. The molecule has 0 aliphatic carbocycles. The van der Waals surface area contributed by atoms with Gasteiger partial charge in [0.05, 0.1) is 19.2 Å². The second-order valence-electron chi connectivity index (χ2n) is 11.4. The van der Waals surface area contributed by atoms with Crippen LogP contribution in [0.4, 0.5) is 0 Å². The summed E-state index contributed by atoms with van der Waals surface area (Å²) in [5.74, 6) is 1.32. The molecular weight excluding hydrogens is 580 g/mol. The van der Waals surface area contributed by atoms with Gasteiger partial charge in [-0.05, 0) is 40.8 Å². The molecule has 0 saturated carbocycles. The normalized spacial score (nSPS) is 12.2. The fraction of sp³-hybridized carbons (Fsp3) is 0.314. The Balaban J connectivity index is 1.47. The Kier molecular flexibility index (Phi) is 9.30. The Bertz CT molecular complexity index is 2030. The summed E-state index contributed by atoms with van der Waals surface area (Å²) in [5.41, 5.74) is 4.87. The van der Waals surface area contributed by atoms with E-state index >= 15 is 0 Å². The first-order chi connectivity index (χ1) is 22.5. The predicted molar refractivity (Wildman–Crippen MR) is 178 cm³/mol. The molecule has 11 heteroatoms. The SMILES string of the molecule is CCCCCc1nc2c(c(=O)n(C(C)c3ccccc3)c(=O)n2CCOC)n1Cc1ccc(-c2ccccc2-c2nn[nH]n2)cc1. The number of nitrogens with zero attached hydrogens (tertiary/aromatic N) is 7. The fourth-order valence-electron chi connectivity index (χ4n) is 5.98. The van der Waals surface area contributed by atoms with Crippen molar-refractivity contribution in [1.82, 2.24) is 39.3 Å². The van der Waals surface area contributed by atoms with Crippen molar-refractivity contribution in [3.63, 3.8) is 0 Å². The van der Waals surface area contributed by atoms with Gasteiger partial charge in [-0.15, -0.1) is 10.2 Å². The van der Waals surface area contributed by atoms with Gasteiger partial charge >= 0.3 is 5.69 Å². The summed E-state index contributed by atoms with van der Waals surface area (Å²) in [6.45, 7) is 5.08. The lowest BCUT2D eigenvalue weighted by Gasteiger charge is -2.18. The van der Waals surface area contributed by atoms with Gasteiger partial charge in [-0.3, -0.25) is 13.9 Å². The minimum absolute atomic E-state index is 0.285. The number of ether oxygens (including phenoxy) is 1. The van der Waals surface area contributed by atoms with E-state index in [1.807, 2.05) is 66.1 Å². The molecule has 1 N–H and O–H groups in total. The zero-order valence-corrected chi connectivity index (χ0v) is 26.4. The summed E-state index contributed by atoms with van der Waals surface area (Å²) < 4.78 is 10.3. The molecule has 0 aliphatic heterocycles. The van der Waals surface area contributed by atoms with Crippen molar-refractivity contribution in [2.45, 2.75) is 58.7 Å². The van der Waals surface area contributed by atoms with Crippen molar-refractivity contribution in [3.05, 3.63) is 117 Å². The van der Waals surface area contributed by atoms with Crippen LogP contribution in [0.5, 0.6) is 0 Å². The molecule has 6 rings (SSSR count). The molecule has 0 bridgehead atoms. The Morgan fingerprint density at radius 1 is 0.891 bits per heavy atom. The maximum atomic E-state index is 14.4. The maximum absolute atomic E-state index is 14.4. The molecule has 0 radical (unpaired) electrons. The number of rotatable bonds is 13. The van der Waals surface area contributed by atoms with E-state index in [-0.39, 0.29) is 17.8 Å². The second kappa shape index (κ2) is 13.9. The molecule has 3 aromatic heterocycles. The van der Waals surface area contributed by atoms with Gasteiger partial charge in [0.25, 0.3) is 5.56 Å². The van der Waals surface area contributed by atoms with E-state index in [4.69, 9.17) is 9.72 Å². The molecule has 3 heterocycles. The van der Waals surface area contributed by atoms with Crippen molar-refractivity contribution in [1.29, 1.82) is 0 Å². The molecule has 236 valence electrons. The maximum Gasteiger partial charge on any atom is 0.333 e. The number of methoxy groups -OCH3 is 1. The van der Waals surface area contributed by atoms with E-state index in [9.17, 15) is 9.59 Å². The van der Waals surface area contributed by atoms with Gasteiger partial charge in [0.2, 0.25) is 5.82 Å². The zero-order chi connectivity index (χ0) is 32.0. The third kappa shape index (κ3) is 6.05. The highest BCUT2D eigenvalue weighted by atomic mass is 16.5. The van der Waals surface area contributed by atoms with E-state index < -0.39 is 6.04 Å². The molecule has 0 amide bonds. The first kappa shape index (κ1) is 30.8. The Labute approximate surface area is 266 Å². The van der Waals surface area contributed by atoms with Crippen molar-refractivity contribution < 1.29 is 4.74 Å². The van der Waals surface area contributed by atoms with Crippen molar-refractivity contribution in [3.8, 4) is 22.5 Å². The van der Waals surface area contributed by atoms with Crippen LogP contribution in [0, 0.1) is 0 Å². The van der Waals surface area contributed by atoms with Crippen LogP contribution < -0.4 is 11.2 Å². The van der Waals surface area contributed by atoms with Crippen LogP contribution in [0.1, 0.15) is 56.1 Å². The molecule has 1 atom stereocenters. The molecular formula is C35H38N8O3. The van der Waals surface area contributed by atoms with Crippen molar-refractivity contribution >= 4 is 11.2 Å². The number of unbranched alkanes of at least 4 members (excludes halogenated alkanes) is 2. The van der Waals surface area contributed by atoms with Gasteiger partial charge in [0.1, 0.15) is 5.82 Å². The molecule has 1 unspecified atom stereocenters. The van der Waals surface area contributed by atoms with Gasteiger partial charge in [0, 0.05) is 25.6 Å². The molecule has 6 aromatic rings. The Morgan fingerprint density at radius 2 is 1.63 bits per heavy atom. The number of aromatic amines is 1. The first-order valence-electron chi connectivity index (χ1n) is 15.7. The highest BCUT2D eigenvalue weighted by molar-refractivity contribution is 5.80. The summed E-state index contributed by atoms with van der Waals surface area (Å²) in [6.07, 6.45) is 3.74. The highest BCUT2D eigenvalue weighted by Gasteiger charge is 2.24. The number of aromatic nitrogens is 8. The number of aryl methyl sites for hydroxylation is 1. The fourth-order valence-corrected chi connectivity index (χ4v) is 5.98. The number of hydrogen-bond acceptors (Lipinski definition) is 7. The standard InChI is InChI=1S/C35H38N8O3/c1-4-5-7-16-30-36-33-31(34(44)43(35(45)41(33)21-22-46-3)24(2)26-12-8-6-9-13-26)42(30)23-25-17-19-27(20-18-25)28-14-10-11-15-29(28)32-37-39-40-38-32/h6,8-15,17-20,24H,4-5,7,16,21-23H2,1-3H3,(H,37,38,39,40).